The molecule has 1 aliphatic heterocycles. The number of nitrogens with one attached hydrogen (secondary N) is 1. The molecule has 1 N–H and O–H groups in total. The molecule has 3 aromatic carbocycles. The van der Waals surface area contributed by atoms with E-state index in [1.807, 2.05) is 49.3 Å². The van der Waals surface area contributed by atoms with E-state index in [9.17, 15) is 18.0 Å². The minimum atomic E-state index is -3.96. The number of halogens is 1. The fourth-order valence-corrected chi connectivity index (χ4v) is 6.18. The highest BCUT2D eigenvalue weighted by Gasteiger charge is 2.34. The maximum atomic E-state index is 13.3. The standard InChI is InChI=1S/C28H33ClN4O4S/c1-31(2)18-26(20-8-5-4-6-9-20)32(3)27(34)19-33-15-7-10-25(28(33)35)30-38(36,37)24-14-12-21-16-23(29)13-11-22(21)17-24/h4-6,8-9,11-14,16-17,25-26,30H,7,10,15,18-19H2,1-3H3/t25-,26?/m0/s1. The lowest BCUT2D eigenvalue weighted by atomic mass is 10.0. The van der Waals surface area contributed by atoms with E-state index >= 15 is 0 Å². The Morgan fingerprint density at radius 3 is 2.45 bits per heavy atom. The van der Waals surface area contributed by atoms with Crippen LogP contribution in [0.2, 0.25) is 5.02 Å². The Morgan fingerprint density at radius 2 is 1.74 bits per heavy atom. The fourth-order valence-electron chi connectivity index (χ4n) is 4.74. The van der Waals surface area contributed by atoms with E-state index < -0.39 is 22.0 Å². The van der Waals surface area contributed by atoms with Gasteiger partial charge in [-0.2, -0.15) is 4.72 Å². The third-order valence-electron chi connectivity index (χ3n) is 6.82. The maximum Gasteiger partial charge on any atom is 0.242 e. The molecule has 1 aliphatic rings. The summed E-state index contributed by atoms with van der Waals surface area (Å²) in [5.41, 5.74) is 1.00. The fraction of sp³-hybridized carbons (Fsp3) is 0.357. The predicted molar refractivity (Wildman–Crippen MR) is 149 cm³/mol. The first kappa shape index (κ1) is 28.0. The summed E-state index contributed by atoms with van der Waals surface area (Å²) < 4.78 is 28.9. The Bertz CT molecular complexity index is 1410. The first-order valence-electron chi connectivity index (χ1n) is 12.5. The number of carbonyl (C=O) groups excluding carboxylic acids is 2. The molecule has 1 heterocycles. The van der Waals surface area contributed by atoms with Gasteiger partial charge in [-0.15, -0.1) is 0 Å². The normalized spacial score (nSPS) is 17.1. The quantitative estimate of drug-likeness (QED) is 0.435. The van der Waals surface area contributed by atoms with Gasteiger partial charge in [-0.1, -0.05) is 54.1 Å². The summed E-state index contributed by atoms with van der Waals surface area (Å²) in [6, 6.07) is 18.6. The SMILES string of the molecule is CN(C)CC(c1ccccc1)N(C)C(=O)CN1CCC[C@H](NS(=O)(=O)c2ccc3cc(Cl)ccc3c2)C1=O. The number of rotatable bonds is 9. The number of hydrogen-bond donors (Lipinski definition) is 1. The van der Waals surface area contributed by atoms with Crippen LogP contribution < -0.4 is 4.72 Å². The molecule has 0 aromatic heterocycles. The summed E-state index contributed by atoms with van der Waals surface area (Å²) in [6.45, 7) is 0.915. The minimum Gasteiger partial charge on any atom is -0.336 e. The summed E-state index contributed by atoms with van der Waals surface area (Å²) in [7, 11) is 1.68. The van der Waals surface area contributed by atoms with Crippen LogP contribution in [0.15, 0.2) is 71.6 Å². The highest BCUT2D eigenvalue weighted by Crippen LogP contribution is 2.24. The molecule has 3 aromatic rings. The van der Waals surface area contributed by atoms with Gasteiger partial charge in [0.2, 0.25) is 21.8 Å². The van der Waals surface area contributed by atoms with Crippen LogP contribution in [0, 0.1) is 0 Å². The molecule has 2 atom stereocenters. The zero-order valence-electron chi connectivity index (χ0n) is 21.8. The number of hydrogen-bond acceptors (Lipinski definition) is 5. The van der Waals surface area contributed by atoms with Crippen molar-refractivity contribution in [1.82, 2.24) is 19.4 Å². The molecule has 10 heteroatoms. The molecule has 0 saturated carbocycles. The Labute approximate surface area is 229 Å². The van der Waals surface area contributed by atoms with Crippen molar-refractivity contribution in [3.63, 3.8) is 0 Å². The first-order chi connectivity index (χ1) is 18.0. The molecular formula is C28H33ClN4O4S. The first-order valence-corrected chi connectivity index (χ1v) is 14.4. The molecule has 0 radical (unpaired) electrons. The molecule has 0 bridgehead atoms. The Hall–Kier alpha value is -2.98. The number of likely N-dealkylation sites (N-methyl/N-ethyl adjacent to an activating group) is 2. The molecule has 4 rings (SSSR count). The summed E-state index contributed by atoms with van der Waals surface area (Å²) in [5, 5.41) is 2.12. The summed E-state index contributed by atoms with van der Waals surface area (Å²) >= 11 is 6.03. The van der Waals surface area contributed by atoms with Crippen LogP contribution in [-0.4, -0.2) is 81.8 Å². The van der Waals surface area contributed by atoms with Crippen molar-refractivity contribution in [2.75, 3.05) is 40.8 Å². The molecular weight excluding hydrogens is 524 g/mol. The van der Waals surface area contributed by atoms with Crippen molar-refractivity contribution in [3.05, 3.63) is 77.3 Å². The molecule has 0 spiro atoms. The van der Waals surface area contributed by atoms with Gasteiger partial charge >= 0.3 is 0 Å². The van der Waals surface area contributed by atoms with Crippen molar-refractivity contribution in [2.24, 2.45) is 0 Å². The number of fused-ring (bicyclic) bond motifs is 1. The van der Waals surface area contributed by atoms with E-state index in [-0.39, 0.29) is 23.4 Å². The molecule has 1 saturated heterocycles. The van der Waals surface area contributed by atoms with Crippen LogP contribution in [0.1, 0.15) is 24.4 Å². The van der Waals surface area contributed by atoms with Gasteiger partial charge < -0.3 is 14.7 Å². The summed E-state index contributed by atoms with van der Waals surface area (Å²) in [4.78, 5) is 31.7. The molecule has 1 unspecified atom stereocenters. The number of piperidine rings is 1. The third-order valence-corrected chi connectivity index (χ3v) is 8.53. The topological polar surface area (TPSA) is 90.0 Å². The molecule has 8 nitrogen and oxygen atoms in total. The molecule has 0 aliphatic carbocycles. The van der Waals surface area contributed by atoms with Gasteiger partial charge in [-0.3, -0.25) is 9.59 Å². The Morgan fingerprint density at radius 1 is 1.05 bits per heavy atom. The van der Waals surface area contributed by atoms with Crippen molar-refractivity contribution in [2.45, 2.75) is 29.8 Å². The number of likely N-dealkylation sites (tertiary alicyclic amines) is 1. The number of nitrogens with zero attached hydrogens (tertiary/aromatic N) is 3. The second kappa shape index (κ2) is 11.8. The number of carbonyl (C=O) groups is 2. The Balaban J connectivity index is 1.45. The monoisotopic (exact) mass is 556 g/mol. The number of benzene rings is 3. The highest BCUT2D eigenvalue weighted by molar-refractivity contribution is 7.89. The Kier molecular flexibility index (Phi) is 8.72. The number of amides is 2. The predicted octanol–water partition coefficient (Wildman–Crippen LogP) is 3.52. The largest absolute Gasteiger partial charge is 0.336 e. The van der Waals surface area contributed by atoms with E-state index in [4.69, 9.17) is 11.6 Å². The van der Waals surface area contributed by atoms with E-state index in [0.29, 0.717) is 31.0 Å². The van der Waals surface area contributed by atoms with Crippen molar-refractivity contribution < 1.29 is 18.0 Å². The van der Waals surface area contributed by atoms with Gasteiger partial charge in [-0.05, 0) is 67.5 Å². The zero-order chi connectivity index (χ0) is 27.4. The lowest BCUT2D eigenvalue weighted by Gasteiger charge is -2.35. The van der Waals surface area contributed by atoms with Crippen LogP contribution in [0.25, 0.3) is 10.8 Å². The van der Waals surface area contributed by atoms with Crippen LogP contribution in [0.4, 0.5) is 0 Å². The number of sulfonamides is 1. The zero-order valence-corrected chi connectivity index (χ0v) is 23.4. The van der Waals surface area contributed by atoms with E-state index in [0.717, 1.165) is 16.3 Å². The van der Waals surface area contributed by atoms with Crippen molar-refractivity contribution in [1.29, 1.82) is 0 Å². The lowest BCUT2D eigenvalue weighted by molar-refractivity contribution is -0.143. The van der Waals surface area contributed by atoms with E-state index in [1.165, 1.54) is 11.0 Å². The smallest absolute Gasteiger partial charge is 0.242 e. The average molecular weight is 557 g/mol. The average Bonchev–Trinajstić information content (AvgIpc) is 2.89. The van der Waals surface area contributed by atoms with Crippen molar-refractivity contribution in [3.8, 4) is 0 Å². The van der Waals surface area contributed by atoms with Crippen molar-refractivity contribution >= 4 is 44.2 Å². The van der Waals surface area contributed by atoms with Gasteiger partial charge in [0.25, 0.3) is 0 Å². The molecule has 1 fully saturated rings. The van der Waals surface area contributed by atoms with Gasteiger partial charge in [0.15, 0.2) is 0 Å². The molecule has 2 amide bonds. The molecule has 202 valence electrons. The highest BCUT2D eigenvalue weighted by atomic mass is 35.5. The van der Waals surface area contributed by atoms with E-state index in [1.54, 1.807) is 42.3 Å². The molecule has 38 heavy (non-hydrogen) atoms. The van der Waals surface area contributed by atoms with Gasteiger partial charge in [-0.25, -0.2) is 8.42 Å². The van der Waals surface area contributed by atoms with Gasteiger partial charge in [0.1, 0.15) is 6.04 Å². The maximum absolute atomic E-state index is 13.3. The van der Waals surface area contributed by atoms with E-state index in [2.05, 4.69) is 4.72 Å². The minimum absolute atomic E-state index is 0.0717. The van der Waals surface area contributed by atoms with Crippen LogP contribution in [-0.2, 0) is 19.6 Å². The van der Waals surface area contributed by atoms with Crippen LogP contribution in [0.3, 0.4) is 0 Å². The van der Waals surface area contributed by atoms with Gasteiger partial charge in [0, 0.05) is 25.2 Å². The van der Waals surface area contributed by atoms with Crippen LogP contribution >= 0.6 is 11.6 Å². The lowest BCUT2D eigenvalue weighted by Crippen LogP contribution is -2.54. The summed E-state index contributed by atoms with van der Waals surface area (Å²) in [5.74, 6) is -0.594. The van der Waals surface area contributed by atoms with Gasteiger partial charge in [0.05, 0.1) is 17.5 Å². The van der Waals surface area contributed by atoms with Crippen LogP contribution in [0.5, 0.6) is 0 Å². The third kappa shape index (κ3) is 6.53. The summed E-state index contributed by atoms with van der Waals surface area (Å²) in [6.07, 6.45) is 0.959. The second-order valence-corrected chi connectivity index (χ2v) is 12.1. The second-order valence-electron chi connectivity index (χ2n) is 9.92.